The molecule has 1 aromatic carbocycles. The third-order valence-corrected chi connectivity index (χ3v) is 2.79. The van der Waals surface area contributed by atoms with Gasteiger partial charge in [0, 0.05) is 6.08 Å². The van der Waals surface area contributed by atoms with Crippen LogP contribution in [0.5, 0.6) is 0 Å². The number of rotatable bonds is 4. The molecule has 20 heavy (non-hydrogen) atoms. The van der Waals surface area contributed by atoms with Gasteiger partial charge in [-0.1, -0.05) is 23.7 Å². The van der Waals surface area contributed by atoms with E-state index in [2.05, 4.69) is 5.32 Å². The first-order chi connectivity index (χ1) is 9.58. The van der Waals surface area contributed by atoms with Crippen LogP contribution in [0, 0.1) is 0 Å². The molecule has 1 heterocycles. The minimum absolute atomic E-state index is 0.0788. The molecule has 0 atom stereocenters. The maximum Gasteiger partial charge on any atom is 0.265 e. The van der Waals surface area contributed by atoms with E-state index < -0.39 is 11.8 Å². The summed E-state index contributed by atoms with van der Waals surface area (Å²) in [6, 6.07) is 9.78. The van der Waals surface area contributed by atoms with E-state index in [4.69, 9.17) is 21.8 Å². The van der Waals surface area contributed by atoms with Gasteiger partial charge in [0.25, 0.3) is 11.8 Å². The van der Waals surface area contributed by atoms with Gasteiger partial charge in [0.15, 0.2) is 0 Å². The summed E-state index contributed by atoms with van der Waals surface area (Å²) in [4.78, 5) is 23.4. The van der Waals surface area contributed by atoms with Crippen LogP contribution < -0.4 is 11.1 Å². The smallest absolute Gasteiger partial charge is 0.265 e. The topological polar surface area (TPSA) is 85.3 Å². The zero-order chi connectivity index (χ0) is 14.5. The van der Waals surface area contributed by atoms with Crippen LogP contribution in [-0.2, 0) is 4.79 Å². The fourth-order valence-electron chi connectivity index (χ4n) is 1.52. The maximum atomic E-state index is 12.0. The normalized spacial score (nSPS) is 11.2. The van der Waals surface area contributed by atoms with E-state index in [1.165, 1.54) is 12.3 Å². The van der Waals surface area contributed by atoms with Crippen LogP contribution in [0.3, 0.4) is 0 Å². The number of halogens is 1. The lowest BCUT2D eigenvalue weighted by Gasteiger charge is -2.07. The van der Waals surface area contributed by atoms with Gasteiger partial charge in [-0.2, -0.15) is 0 Å². The first-order valence-corrected chi connectivity index (χ1v) is 6.06. The number of carbonyl (C=O) groups is 2. The van der Waals surface area contributed by atoms with Gasteiger partial charge >= 0.3 is 0 Å². The molecule has 0 fully saturated rings. The quantitative estimate of drug-likeness (QED) is 0.846. The number of amides is 2. The summed E-state index contributed by atoms with van der Waals surface area (Å²) in [5.74, 6) is -0.896. The predicted molar refractivity (Wildman–Crippen MR) is 74.8 cm³/mol. The molecule has 6 heteroatoms. The summed E-state index contributed by atoms with van der Waals surface area (Å²) in [6.45, 7) is 0. The highest BCUT2D eigenvalue weighted by molar-refractivity contribution is 6.34. The molecule has 102 valence electrons. The fourth-order valence-corrected chi connectivity index (χ4v) is 1.74. The molecule has 0 aliphatic heterocycles. The van der Waals surface area contributed by atoms with Crippen molar-refractivity contribution in [2.24, 2.45) is 5.73 Å². The standard InChI is InChI=1S/C14H11ClN2O3/c15-11-6-2-1-5-10(11)14(19)17-12(13(16)18)8-9-4-3-7-20-9/h1-8H,(H2,16,18)(H,17,19). The van der Waals surface area contributed by atoms with Crippen LogP contribution in [0.15, 0.2) is 52.8 Å². The molecule has 0 aliphatic rings. The molecule has 0 spiro atoms. The first kappa shape index (κ1) is 13.9. The monoisotopic (exact) mass is 290 g/mol. The van der Waals surface area contributed by atoms with E-state index in [1.54, 1.807) is 36.4 Å². The lowest BCUT2D eigenvalue weighted by atomic mass is 10.2. The van der Waals surface area contributed by atoms with E-state index in [0.29, 0.717) is 5.76 Å². The van der Waals surface area contributed by atoms with Crippen LogP contribution in [-0.4, -0.2) is 11.8 Å². The van der Waals surface area contributed by atoms with Crippen molar-refractivity contribution >= 4 is 29.5 Å². The zero-order valence-corrected chi connectivity index (χ0v) is 11.1. The zero-order valence-electron chi connectivity index (χ0n) is 10.3. The van der Waals surface area contributed by atoms with Crippen molar-refractivity contribution in [2.45, 2.75) is 0 Å². The van der Waals surface area contributed by atoms with Crippen LogP contribution >= 0.6 is 11.6 Å². The molecule has 0 saturated carbocycles. The average Bonchev–Trinajstić information content (AvgIpc) is 2.91. The van der Waals surface area contributed by atoms with Gasteiger partial charge in [0.05, 0.1) is 16.8 Å². The molecule has 3 N–H and O–H groups in total. The molecule has 2 aromatic rings. The van der Waals surface area contributed by atoms with Crippen molar-refractivity contribution in [2.75, 3.05) is 0 Å². The largest absolute Gasteiger partial charge is 0.465 e. The minimum atomic E-state index is -0.776. The predicted octanol–water partition coefficient (Wildman–Crippen LogP) is 2.19. The van der Waals surface area contributed by atoms with Crippen molar-refractivity contribution in [3.05, 3.63) is 64.7 Å². The number of hydrogen-bond donors (Lipinski definition) is 2. The Hall–Kier alpha value is -2.53. The molecular formula is C14H11ClN2O3. The highest BCUT2D eigenvalue weighted by Gasteiger charge is 2.14. The highest BCUT2D eigenvalue weighted by atomic mass is 35.5. The number of nitrogens with two attached hydrogens (primary N) is 1. The number of nitrogens with one attached hydrogen (secondary N) is 1. The van der Waals surface area contributed by atoms with Gasteiger partial charge in [0.2, 0.25) is 0 Å². The van der Waals surface area contributed by atoms with E-state index in [0.717, 1.165) is 0 Å². The summed E-state index contributed by atoms with van der Waals surface area (Å²) in [6.07, 6.45) is 2.79. The second-order valence-corrected chi connectivity index (χ2v) is 4.28. The van der Waals surface area contributed by atoms with Gasteiger partial charge in [-0.15, -0.1) is 0 Å². The van der Waals surface area contributed by atoms with Crippen molar-refractivity contribution in [3.63, 3.8) is 0 Å². The Morgan fingerprint density at radius 1 is 1.20 bits per heavy atom. The van der Waals surface area contributed by atoms with E-state index in [1.807, 2.05) is 0 Å². The molecule has 1 aromatic heterocycles. The van der Waals surface area contributed by atoms with Gasteiger partial charge in [-0.3, -0.25) is 9.59 Å². The Labute approximate surface area is 120 Å². The number of carbonyl (C=O) groups excluding carboxylic acids is 2. The Balaban J connectivity index is 2.24. The van der Waals surface area contributed by atoms with Gasteiger partial charge < -0.3 is 15.5 Å². The number of furan rings is 1. The Morgan fingerprint density at radius 2 is 1.95 bits per heavy atom. The van der Waals surface area contributed by atoms with Crippen molar-refractivity contribution < 1.29 is 14.0 Å². The molecule has 0 aliphatic carbocycles. The summed E-state index contributed by atoms with van der Waals surface area (Å²) in [5.41, 5.74) is 5.39. The number of primary amides is 1. The maximum absolute atomic E-state index is 12.0. The third kappa shape index (κ3) is 3.27. The van der Waals surface area contributed by atoms with Crippen molar-refractivity contribution in [1.29, 1.82) is 0 Å². The summed E-state index contributed by atoms with van der Waals surface area (Å²) < 4.78 is 5.06. The lowest BCUT2D eigenvalue weighted by Crippen LogP contribution is -2.31. The summed E-state index contributed by atoms with van der Waals surface area (Å²) >= 11 is 5.91. The van der Waals surface area contributed by atoms with Gasteiger partial charge in [0.1, 0.15) is 11.5 Å². The SMILES string of the molecule is NC(=O)C(=Cc1ccco1)NC(=O)c1ccccc1Cl. The van der Waals surface area contributed by atoms with Crippen LogP contribution in [0.25, 0.3) is 6.08 Å². The first-order valence-electron chi connectivity index (χ1n) is 5.69. The van der Waals surface area contributed by atoms with E-state index >= 15 is 0 Å². The minimum Gasteiger partial charge on any atom is -0.465 e. The highest BCUT2D eigenvalue weighted by Crippen LogP contribution is 2.15. The Morgan fingerprint density at radius 3 is 2.55 bits per heavy atom. The molecule has 0 saturated heterocycles. The molecule has 2 amide bonds. The van der Waals surface area contributed by atoms with Gasteiger partial charge in [-0.25, -0.2) is 0 Å². The fraction of sp³-hybridized carbons (Fsp3) is 0. The van der Waals surface area contributed by atoms with Crippen molar-refractivity contribution in [1.82, 2.24) is 5.32 Å². The summed E-state index contributed by atoms with van der Waals surface area (Å²) in [5, 5.41) is 2.70. The summed E-state index contributed by atoms with van der Waals surface area (Å²) in [7, 11) is 0. The second-order valence-electron chi connectivity index (χ2n) is 3.87. The molecular weight excluding hydrogens is 280 g/mol. The molecule has 0 radical (unpaired) electrons. The van der Waals surface area contributed by atoms with Crippen LogP contribution in [0.2, 0.25) is 5.02 Å². The third-order valence-electron chi connectivity index (χ3n) is 2.46. The molecule has 0 bridgehead atoms. The van der Waals surface area contributed by atoms with Crippen LogP contribution in [0.4, 0.5) is 0 Å². The lowest BCUT2D eigenvalue weighted by molar-refractivity contribution is -0.114. The van der Waals surface area contributed by atoms with Gasteiger partial charge in [-0.05, 0) is 24.3 Å². The van der Waals surface area contributed by atoms with Crippen molar-refractivity contribution in [3.8, 4) is 0 Å². The molecule has 2 rings (SSSR count). The molecule has 5 nitrogen and oxygen atoms in total. The van der Waals surface area contributed by atoms with Crippen LogP contribution in [0.1, 0.15) is 16.1 Å². The van der Waals surface area contributed by atoms with E-state index in [-0.39, 0.29) is 16.3 Å². The number of benzene rings is 1. The Kier molecular flexibility index (Phi) is 4.22. The molecule has 0 unspecified atom stereocenters. The Bertz CT molecular complexity index is 663. The second kappa shape index (κ2) is 6.08. The number of hydrogen-bond acceptors (Lipinski definition) is 3. The van der Waals surface area contributed by atoms with E-state index in [9.17, 15) is 9.59 Å². The average molecular weight is 291 g/mol.